The first-order chi connectivity index (χ1) is 7.40. The number of hydrogen-bond donors (Lipinski definition) is 2. The third-order valence-electron chi connectivity index (χ3n) is 3.22. The summed E-state index contributed by atoms with van der Waals surface area (Å²) < 4.78 is 5.33. The number of likely N-dealkylation sites (tertiary alicyclic amines) is 1. The van der Waals surface area contributed by atoms with E-state index in [2.05, 4.69) is 10.2 Å². The van der Waals surface area contributed by atoms with Crippen LogP contribution in [0.5, 0.6) is 0 Å². The van der Waals surface area contributed by atoms with Crippen LogP contribution in [0.15, 0.2) is 0 Å². The number of rotatable bonds is 7. The Morgan fingerprint density at radius 3 is 2.87 bits per heavy atom. The van der Waals surface area contributed by atoms with Gasteiger partial charge in [-0.05, 0) is 19.3 Å². The van der Waals surface area contributed by atoms with Gasteiger partial charge in [-0.1, -0.05) is 0 Å². The Bertz CT molecular complexity index is 185. The molecule has 0 aromatic rings. The number of ether oxygens (including phenoxy) is 1. The lowest BCUT2D eigenvalue weighted by Crippen LogP contribution is -2.35. The average Bonchev–Trinajstić information content (AvgIpc) is 2.99. The zero-order valence-corrected chi connectivity index (χ0v) is 9.45. The zero-order chi connectivity index (χ0) is 10.5. The van der Waals surface area contributed by atoms with Gasteiger partial charge in [-0.15, -0.1) is 0 Å². The van der Waals surface area contributed by atoms with Crippen molar-refractivity contribution in [3.8, 4) is 0 Å². The molecular formula is C11H23N3O. The van der Waals surface area contributed by atoms with Gasteiger partial charge in [-0.3, -0.25) is 4.90 Å². The third kappa shape index (κ3) is 3.72. The van der Waals surface area contributed by atoms with Gasteiger partial charge in [-0.25, -0.2) is 0 Å². The van der Waals surface area contributed by atoms with Crippen LogP contribution in [0.1, 0.15) is 19.3 Å². The van der Waals surface area contributed by atoms with E-state index in [-0.39, 0.29) is 0 Å². The molecule has 1 heterocycles. The fraction of sp³-hybridized carbons (Fsp3) is 1.00. The second-order valence-corrected chi connectivity index (χ2v) is 4.57. The summed E-state index contributed by atoms with van der Waals surface area (Å²) in [5.41, 5.74) is 5.34. The van der Waals surface area contributed by atoms with Crippen LogP contribution in [0.2, 0.25) is 0 Å². The Kier molecular flexibility index (Phi) is 4.38. The summed E-state index contributed by atoms with van der Waals surface area (Å²) in [5.74, 6) is 0. The van der Waals surface area contributed by atoms with Crippen molar-refractivity contribution >= 4 is 0 Å². The third-order valence-corrected chi connectivity index (χ3v) is 3.22. The molecule has 2 aliphatic rings. The van der Waals surface area contributed by atoms with Gasteiger partial charge in [0.15, 0.2) is 0 Å². The molecule has 2 rings (SSSR count). The Labute approximate surface area is 92.1 Å². The minimum absolute atomic E-state index is 0.624. The Morgan fingerprint density at radius 2 is 2.13 bits per heavy atom. The van der Waals surface area contributed by atoms with Crippen molar-refractivity contribution in [2.24, 2.45) is 5.73 Å². The molecule has 0 bridgehead atoms. The van der Waals surface area contributed by atoms with E-state index >= 15 is 0 Å². The van der Waals surface area contributed by atoms with Crippen LogP contribution in [0.4, 0.5) is 0 Å². The fourth-order valence-electron chi connectivity index (χ4n) is 2.25. The molecule has 1 atom stereocenters. The summed E-state index contributed by atoms with van der Waals surface area (Å²) in [5, 5.41) is 3.55. The van der Waals surface area contributed by atoms with E-state index in [1.165, 1.54) is 32.4 Å². The largest absolute Gasteiger partial charge is 0.379 e. The molecule has 1 aliphatic heterocycles. The number of hydrogen-bond acceptors (Lipinski definition) is 4. The van der Waals surface area contributed by atoms with Crippen molar-refractivity contribution < 1.29 is 4.74 Å². The Morgan fingerprint density at radius 1 is 1.27 bits per heavy atom. The molecule has 2 fully saturated rings. The molecule has 15 heavy (non-hydrogen) atoms. The van der Waals surface area contributed by atoms with Gasteiger partial charge in [0.1, 0.15) is 0 Å². The van der Waals surface area contributed by atoms with Crippen molar-refractivity contribution in [3.63, 3.8) is 0 Å². The molecule has 3 N–H and O–H groups in total. The summed E-state index contributed by atoms with van der Waals surface area (Å²) in [7, 11) is 0. The average molecular weight is 213 g/mol. The quantitative estimate of drug-likeness (QED) is 0.575. The molecule has 1 saturated heterocycles. The van der Waals surface area contributed by atoms with Gasteiger partial charge >= 0.3 is 0 Å². The lowest BCUT2D eigenvalue weighted by Gasteiger charge is -2.15. The number of nitrogens with one attached hydrogen (secondary N) is 1. The maximum Gasteiger partial charge on any atom is 0.0591 e. The first-order valence-electron chi connectivity index (χ1n) is 6.15. The second kappa shape index (κ2) is 5.80. The topological polar surface area (TPSA) is 50.5 Å². The standard InChI is InChI=1S/C11H23N3O/c12-4-7-15-8-5-13-10-3-6-14(9-10)11-1-2-11/h10-11,13H,1-9,12H2. The van der Waals surface area contributed by atoms with Crippen molar-refractivity contribution in [3.05, 3.63) is 0 Å². The highest BCUT2D eigenvalue weighted by molar-refractivity contribution is 4.91. The van der Waals surface area contributed by atoms with E-state index in [1.54, 1.807) is 0 Å². The smallest absolute Gasteiger partial charge is 0.0591 e. The van der Waals surface area contributed by atoms with Crippen molar-refractivity contribution in [2.75, 3.05) is 39.4 Å². The molecular weight excluding hydrogens is 190 g/mol. The Balaban J connectivity index is 1.49. The summed E-state index contributed by atoms with van der Waals surface area (Å²) in [6.45, 7) is 5.58. The van der Waals surface area contributed by atoms with Gasteiger partial charge in [-0.2, -0.15) is 0 Å². The van der Waals surface area contributed by atoms with E-state index in [9.17, 15) is 0 Å². The molecule has 0 aromatic heterocycles. The van der Waals surface area contributed by atoms with E-state index < -0.39 is 0 Å². The molecule has 1 unspecified atom stereocenters. The van der Waals surface area contributed by atoms with Crippen LogP contribution in [-0.4, -0.2) is 56.4 Å². The van der Waals surface area contributed by atoms with Crippen LogP contribution >= 0.6 is 0 Å². The fourth-order valence-corrected chi connectivity index (χ4v) is 2.25. The van der Waals surface area contributed by atoms with E-state index in [0.29, 0.717) is 19.2 Å². The summed E-state index contributed by atoms with van der Waals surface area (Å²) in [6.07, 6.45) is 4.14. The highest BCUT2D eigenvalue weighted by atomic mass is 16.5. The number of nitrogens with zero attached hydrogens (tertiary/aromatic N) is 1. The zero-order valence-electron chi connectivity index (χ0n) is 9.45. The maximum absolute atomic E-state index is 5.34. The monoisotopic (exact) mass is 213 g/mol. The summed E-state index contributed by atoms with van der Waals surface area (Å²) in [4.78, 5) is 2.62. The SMILES string of the molecule is NCCOCCNC1CCN(C2CC2)C1. The van der Waals surface area contributed by atoms with Crippen LogP contribution in [0.3, 0.4) is 0 Å². The number of nitrogens with two attached hydrogens (primary N) is 1. The Hall–Kier alpha value is -0.160. The minimum Gasteiger partial charge on any atom is -0.379 e. The molecule has 0 radical (unpaired) electrons. The lowest BCUT2D eigenvalue weighted by molar-refractivity contribution is 0.141. The van der Waals surface area contributed by atoms with Gasteiger partial charge in [0.05, 0.1) is 13.2 Å². The summed E-state index contributed by atoms with van der Waals surface area (Å²) in [6, 6.07) is 1.61. The van der Waals surface area contributed by atoms with Gasteiger partial charge in [0, 0.05) is 38.3 Å². The first-order valence-corrected chi connectivity index (χ1v) is 6.15. The van der Waals surface area contributed by atoms with Crippen molar-refractivity contribution in [2.45, 2.75) is 31.3 Å². The predicted octanol–water partition coefficient (Wildman–Crippen LogP) is -0.212. The molecule has 4 nitrogen and oxygen atoms in total. The van der Waals surface area contributed by atoms with E-state index in [0.717, 1.165) is 19.2 Å². The van der Waals surface area contributed by atoms with Crippen LogP contribution < -0.4 is 11.1 Å². The molecule has 1 aliphatic carbocycles. The second-order valence-electron chi connectivity index (χ2n) is 4.57. The molecule has 1 saturated carbocycles. The minimum atomic E-state index is 0.624. The van der Waals surface area contributed by atoms with Gasteiger partial charge < -0.3 is 15.8 Å². The highest BCUT2D eigenvalue weighted by Gasteiger charge is 2.33. The van der Waals surface area contributed by atoms with Crippen molar-refractivity contribution in [1.29, 1.82) is 0 Å². The van der Waals surface area contributed by atoms with Gasteiger partial charge in [0.25, 0.3) is 0 Å². The highest BCUT2D eigenvalue weighted by Crippen LogP contribution is 2.29. The molecule has 0 amide bonds. The predicted molar refractivity (Wildman–Crippen MR) is 60.9 cm³/mol. The van der Waals surface area contributed by atoms with Crippen LogP contribution in [-0.2, 0) is 4.74 Å². The lowest BCUT2D eigenvalue weighted by atomic mass is 10.3. The van der Waals surface area contributed by atoms with Crippen molar-refractivity contribution in [1.82, 2.24) is 10.2 Å². The maximum atomic E-state index is 5.34. The van der Waals surface area contributed by atoms with Gasteiger partial charge in [0.2, 0.25) is 0 Å². The van der Waals surface area contributed by atoms with E-state index in [4.69, 9.17) is 10.5 Å². The molecule has 4 heteroatoms. The molecule has 0 aromatic carbocycles. The molecule has 88 valence electrons. The normalized spacial score (nSPS) is 27.4. The first kappa shape index (κ1) is 11.3. The van der Waals surface area contributed by atoms with Crippen LogP contribution in [0, 0.1) is 0 Å². The molecule has 0 spiro atoms. The summed E-state index contributed by atoms with van der Waals surface area (Å²) >= 11 is 0. The van der Waals surface area contributed by atoms with E-state index in [1.807, 2.05) is 0 Å². The van der Waals surface area contributed by atoms with Crippen LogP contribution in [0.25, 0.3) is 0 Å².